The molecule has 0 unspecified atom stereocenters. The van der Waals surface area contributed by atoms with E-state index in [1.165, 1.54) is 0 Å². The lowest BCUT2D eigenvalue weighted by Gasteiger charge is -2.24. The molecule has 1 saturated carbocycles. The third-order valence-electron chi connectivity index (χ3n) is 5.09. The molecule has 0 spiro atoms. The summed E-state index contributed by atoms with van der Waals surface area (Å²) in [4.78, 5) is 24.9. The Morgan fingerprint density at radius 1 is 1.14 bits per heavy atom. The van der Waals surface area contributed by atoms with Gasteiger partial charge in [0.05, 0.1) is 12.0 Å². The lowest BCUT2D eigenvalue weighted by atomic mass is 9.90. The fourth-order valence-corrected chi connectivity index (χ4v) is 3.56. The van der Waals surface area contributed by atoms with Gasteiger partial charge in [0.1, 0.15) is 0 Å². The smallest absolute Gasteiger partial charge is 0.232 e. The summed E-state index contributed by atoms with van der Waals surface area (Å²) in [5.41, 5.74) is 3.01. The maximum atomic E-state index is 12.9. The molecule has 1 atom stereocenters. The summed E-state index contributed by atoms with van der Waals surface area (Å²) in [7, 11) is 0. The van der Waals surface area contributed by atoms with Crippen LogP contribution < -0.4 is 10.6 Å². The number of nitrogens with one attached hydrogen (secondary N) is 2. The minimum absolute atomic E-state index is 0.127. The number of hydrogen-bond acceptors (Lipinski definition) is 5. The van der Waals surface area contributed by atoms with E-state index in [1.807, 2.05) is 53.2 Å². The van der Waals surface area contributed by atoms with Crippen LogP contribution in [-0.2, 0) is 9.59 Å². The van der Waals surface area contributed by atoms with Crippen molar-refractivity contribution in [3.05, 3.63) is 54.1 Å². The van der Waals surface area contributed by atoms with Gasteiger partial charge in [-0.2, -0.15) is 0 Å². The highest BCUT2D eigenvalue weighted by molar-refractivity contribution is 6.05. The highest BCUT2D eigenvalue weighted by atomic mass is 16.2. The van der Waals surface area contributed by atoms with E-state index in [0.29, 0.717) is 23.2 Å². The van der Waals surface area contributed by atoms with Gasteiger partial charge in [-0.1, -0.05) is 30.3 Å². The van der Waals surface area contributed by atoms with E-state index < -0.39 is 5.92 Å². The fourth-order valence-electron chi connectivity index (χ4n) is 3.56. The fraction of sp³-hybridized carbons (Fsp3) is 0.250. The number of carbonyl (C=O) groups is 2. The number of anilines is 2. The number of amides is 2. The topological polar surface area (TPSA) is 102 Å². The Balaban J connectivity index is 1.40. The Morgan fingerprint density at radius 3 is 2.86 bits per heavy atom. The Bertz CT molecular complexity index is 1070. The van der Waals surface area contributed by atoms with Crippen LogP contribution in [0.2, 0.25) is 0 Å². The minimum Gasteiger partial charge on any atom is -0.326 e. The zero-order valence-corrected chi connectivity index (χ0v) is 15.0. The number of hydrogen-bond donors (Lipinski definition) is 2. The minimum atomic E-state index is -0.523. The van der Waals surface area contributed by atoms with Crippen LogP contribution in [0.3, 0.4) is 0 Å². The van der Waals surface area contributed by atoms with Crippen molar-refractivity contribution in [3.63, 3.8) is 0 Å². The second-order valence-corrected chi connectivity index (χ2v) is 7.14. The average molecular weight is 374 g/mol. The van der Waals surface area contributed by atoms with Crippen LogP contribution in [0.15, 0.2) is 48.5 Å². The van der Waals surface area contributed by atoms with E-state index in [2.05, 4.69) is 26.2 Å². The zero-order valence-electron chi connectivity index (χ0n) is 15.0. The molecule has 2 aliphatic rings. The molecule has 140 valence electrons. The molecule has 1 fully saturated rings. The number of aromatic nitrogens is 4. The highest BCUT2D eigenvalue weighted by Gasteiger charge is 2.31. The van der Waals surface area contributed by atoms with Crippen molar-refractivity contribution in [1.29, 1.82) is 0 Å². The van der Waals surface area contributed by atoms with E-state index in [9.17, 15) is 9.59 Å². The first-order chi connectivity index (χ1) is 13.7. The predicted molar refractivity (Wildman–Crippen MR) is 103 cm³/mol. The molecule has 8 heteroatoms. The SMILES string of the molecule is O=C1C[C@@H](C(=O)Nc2cccc(-c3nnnn3C3CC3)c2)c2ccccc2N1. The summed E-state index contributed by atoms with van der Waals surface area (Å²) in [6.45, 7) is 0. The van der Waals surface area contributed by atoms with Gasteiger partial charge in [-0.3, -0.25) is 9.59 Å². The summed E-state index contributed by atoms with van der Waals surface area (Å²) < 4.78 is 1.84. The number of nitrogens with zero attached hydrogens (tertiary/aromatic N) is 4. The molecule has 2 amide bonds. The van der Waals surface area contributed by atoms with Crippen molar-refractivity contribution in [3.8, 4) is 11.4 Å². The summed E-state index contributed by atoms with van der Waals surface area (Å²) in [5.74, 6) is -0.191. The van der Waals surface area contributed by atoms with Gasteiger partial charge in [0.2, 0.25) is 11.8 Å². The van der Waals surface area contributed by atoms with Crippen LogP contribution in [0.4, 0.5) is 11.4 Å². The molecule has 28 heavy (non-hydrogen) atoms. The molecule has 1 aliphatic heterocycles. The molecular weight excluding hydrogens is 356 g/mol. The molecule has 2 N–H and O–H groups in total. The third-order valence-corrected chi connectivity index (χ3v) is 5.09. The highest BCUT2D eigenvalue weighted by Crippen LogP contribution is 2.37. The average Bonchev–Trinajstić information content (AvgIpc) is 3.43. The molecule has 1 aromatic heterocycles. The molecule has 0 bridgehead atoms. The van der Waals surface area contributed by atoms with Gasteiger partial charge in [-0.15, -0.1) is 5.10 Å². The van der Waals surface area contributed by atoms with Crippen LogP contribution in [0, 0.1) is 0 Å². The molecule has 2 heterocycles. The van der Waals surface area contributed by atoms with Gasteiger partial charge in [0.15, 0.2) is 5.82 Å². The van der Waals surface area contributed by atoms with E-state index in [4.69, 9.17) is 0 Å². The number of fused-ring (bicyclic) bond motifs is 1. The van der Waals surface area contributed by atoms with Gasteiger partial charge in [0.25, 0.3) is 0 Å². The lowest BCUT2D eigenvalue weighted by Crippen LogP contribution is -2.30. The van der Waals surface area contributed by atoms with Gasteiger partial charge in [0, 0.05) is 23.4 Å². The summed E-state index contributed by atoms with van der Waals surface area (Å²) in [6, 6.07) is 15.2. The Kier molecular flexibility index (Phi) is 3.89. The van der Waals surface area contributed by atoms with E-state index >= 15 is 0 Å². The van der Waals surface area contributed by atoms with Gasteiger partial charge in [-0.25, -0.2) is 4.68 Å². The lowest BCUT2D eigenvalue weighted by molar-refractivity contribution is -0.123. The number of rotatable bonds is 4. The molecule has 2 aromatic carbocycles. The molecule has 1 aliphatic carbocycles. The summed E-state index contributed by atoms with van der Waals surface area (Å²) >= 11 is 0. The second kappa shape index (κ2) is 6.56. The molecular formula is C20H18N6O2. The Morgan fingerprint density at radius 2 is 2.00 bits per heavy atom. The van der Waals surface area contributed by atoms with Gasteiger partial charge >= 0.3 is 0 Å². The van der Waals surface area contributed by atoms with Gasteiger partial charge < -0.3 is 10.6 Å². The molecule has 0 saturated heterocycles. The number of para-hydroxylation sites is 1. The van der Waals surface area contributed by atoms with Crippen molar-refractivity contribution >= 4 is 23.2 Å². The van der Waals surface area contributed by atoms with E-state index in [-0.39, 0.29) is 18.2 Å². The van der Waals surface area contributed by atoms with Gasteiger partial charge in [-0.05, 0) is 47.0 Å². The van der Waals surface area contributed by atoms with Crippen molar-refractivity contribution < 1.29 is 9.59 Å². The maximum Gasteiger partial charge on any atom is 0.232 e. The van der Waals surface area contributed by atoms with E-state index in [0.717, 1.165) is 24.0 Å². The molecule has 8 nitrogen and oxygen atoms in total. The van der Waals surface area contributed by atoms with Crippen molar-refractivity contribution in [1.82, 2.24) is 20.2 Å². The first-order valence-corrected chi connectivity index (χ1v) is 9.27. The van der Waals surface area contributed by atoms with Crippen LogP contribution in [0.1, 0.15) is 36.8 Å². The molecule has 3 aromatic rings. The Hall–Kier alpha value is -3.55. The normalized spacial score (nSPS) is 18.3. The van der Waals surface area contributed by atoms with Crippen molar-refractivity contribution in [2.75, 3.05) is 10.6 Å². The number of carbonyl (C=O) groups excluding carboxylic acids is 2. The monoisotopic (exact) mass is 374 g/mol. The van der Waals surface area contributed by atoms with E-state index in [1.54, 1.807) is 0 Å². The van der Waals surface area contributed by atoms with Crippen LogP contribution in [0.25, 0.3) is 11.4 Å². The molecule has 0 radical (unpaired) electrons. The summed E-state index contributed by atoms with van der Waals surface area (Å²) in [6.07, 6.45) is 2.29. The third kappa shape index (κ3) is 3.02. The number of tetrazole rings is 1. The first-order valence-electron chi connectivity index (χ1n) is 9.27. The number of benzene rings is 2. The first kappa shape index (κ1) is 16.6. The van der Waals surface area contributed by atoms with Crippen molar-refractivity contribution in [2.24, 2.45) is 0 Å². The quantitative estimate of drug-likeness (QED) is 0.731. The largest absolute Gasteiger partial charge is 0.326 e. The van der Waals surface area contributed by atoms with Crippen LogP contribution >= 0.6 is 0 Å². The standard InChI is InChI=1S/C20H18N6O2/c27-18-11-16(15-6-1-2-7-17(15)22-18)20(28)21-13-5-3-4-12(10-13)19-23-24-25-26(19)14-8-9-14/h1-7,10,14,16H,8-9,11H2,(H,21,28)(H,22,27)/t16-/m1/s1. The second-order valence-electron chi connectivity index (χ2n) is 7.14. The van der Waals surface area contributed by atoms with Crippen LogP contribution in [-0.4, -0.2) is 32.0 Å². The van der Waals surface area contributed by atoms with Crippen molar-refractivity contribution in [2.45, 2.75) is 31.2 Å². The summed E-state index contributed by atoms with van der Waals surface area (Å²) in [5, 5.41) is 17.8. The predicted octanol–water partition coefficient (Wildman–Crippen LogP) is 2.74. The maximum absolute atomic E-state index is 12.9. The zero-order chi connectivity index (χ0) is 19.1. The molecule has 5 rings (SSSR count). The van der Waals surface area contributed by atoms with Crippen LogP contribution in [0.5, 0.6) is 0 Å². The Labute approximate surface area is 160 Å².